The average Bonchev–Trinajstić information content (AvgIpc) is 3.18. The second kappa shape index (κ2) is 42.8. The number of hydrogen-bond acceptors (Lipinski definition) is 6. The summed E-state index contributed by atoms with van der Waals surface area (Å²) < 4.78 is 16.6. The second-order valence-corrected chi connectivity index (χ2v) is 13.5. The van der Waals surface area contributed by atoms with Gasteiger partial charge in [0.15, 0.2) is 6.10 Å². The normalized spacial score (nSPS) is 13.1. The van der Waals surface area contributed by atoms with Crippen molar-refractivity contribution < 1.29 is 28.6 Å². The highest BCUT2D eigenvalue weighted by Gasteiger charge is 2.19. The van der Waals surface area contributed by atoms with Gasteiger partial charge in [-0.1, -0.05) is 156 Å². The largest absolute Gasteiger partial charge is 0.462 e. The Labute approximate surface area is 336 Å². The first-order chi connectivity index (χ1) is 27.0. The van der Waals surface area contributed by atoms with E-state index in [1.54, 1.807) is 0 Å². The predicted molar refractivity (Wildman–Crippen MR) is 233 cm³/mol. The van der Waals surface area contributed by atoms with E-state index in [-0.39, 0.29) is 37.5 Å². The number of unbranched alkanes of at least 4 members (excludes halogenated alkanes) is 10. The van der Waals surface area contributed by atoms with Crippen molar-refractivity contribution in [3.05, 3.63) is 109 Å². The van der Waals surface area contributed by atoms with E-state index in [9.17, 15) is 14.4 Å². The van der Waals surface area contributed by atoms with E-state index in [4.69, 9.17) is 14.2 Å². The molecule has 0 aromatic rings. The monoisotopic (exact) mass is 761 g/mol. The summed E-state index contributed by atoms with van der Waals surface area (Å²) in [5.74, 6) is -1.03. The Kier molecular flexibility index (Phi) is 39.7. The molecular formula is C49H76O6. The minimum Gasteiger partial charge on any atom is -0.462 e. The molecule has 55 heavy (non-hydrogen) atoms. The molecule has 0 saturated heterocycles. The van der Waals surface area contributed by atoms with Crippen molar-refractivity contribution in [2.24, 2.45) is 0 Å². The Balaban J connectivity index is 4.56. The highest BCUT2D eigenvalue weighted by molar-refractivity contribution is 5.71. The predicted octanol–water partition coefficient (Wildman–Crippen LogP) is 13.6. The molecule has 0 fully saturated rings. The van der Waals surface area contributed by atoms with Gasteiger partial charge in [-0.25, -0.2) is 0 Å². The van der Waals surface area contributed by atoms with Crippen LogP contribution in [0.25, 0.3) is 0 Å². The van der Waals surface area contributed by atoms with Gasteiger partial charge in [-0.2, -0.15) is 0 Å². The average molecular weight is 761 g/mol. The second-order valence-electron chi connectivity index (χ2n) is 13.5. The Morgan fingerprint density at radius 1 is 0.382 bits per heavy atom. The Bertz CT molecular complexity index is 1200. The molecule has 0 aliphatic heterocycles. The van der Waals surface area contributed by atoms with Crippen LogP contribution in [0.1, 0.15) is 162 Å². The van der Waals surface area contributed by atoms with Gasteiger partial charge in [0.2, 0.25) is 0 Å². The highest BCUT2D eigenvalue weighted by atomic mass is 16.6. The van der Waals surface area contributed by atoms with Crippen LogP contribution in [0.15, 0.2) is 109 Å². The highest BCUT2D eigenvalue weighted by Crippen LogP contribution is 2.11. The van der Waals surface area contributed by atoms with Gasteiger partial charge in [-0.3, -0.25) is 14.4 Å². The van der Waals surface area contributed by atoms with Gasteiger partial charge in [-0.05, 0) is 96.3 Å². The third-order valence-electron chi connectivity index (χ3n) is 8.35. The van der Waals surface area contributed by atoms with Crippen LogP contribution < -0.4 is 0 Å². The van der Waals surface area contributed by atoms with Crippen molar-refractivity contribution in [3.8, 4) is 0 Å². The van der Waals surface area contributed by atoms with E-state index >= 15 is 0 Å². The lowest BCUT2D eigenvalue weighted by Crippen LogP contribution is -2.30. The standard InChI is InChI=1S/C49H76O6/c1-4-7-10-13-16-19-22-25-28-30-33-36-39-42-48(51)54-45-46(55-49(52)43-40-37-34-31-27-24-21-18-15-12-9-6-3)44-53-47(50)41-38-35-32-29-26-23-20-17-14-11-8-5-2/h7-13,16-22,25,27-28,31,46H,4-6,14-15,23-24,26,29-30,32-45H2,1-3H3/b10-7-,11-8-,12-9-,16-13-,20-17-,21-18-,22-19-,28-25-,31-27-. The van der Waals surface area contributed by atoms with Crippen LogP contribution in [0.2, 0.25) is 0 Å². The van der Waals surface area contributed by atoms with Crippen LogP contribution in [0.4, 0.5) is 0 Å². The molecule has 0 saturated carbocycles. The molecule has 0 aliphatic carbocycles. The van der Waals surface area contributed by atoms with E-state index in [1.807, 2.05) is 36.5 Å². The molecule has 0 amide bonds. The molecule has 0 heterocycles. The van der Waals surface area contributed by atoms with Crippen molar-refractivity contribution in [2.45, 2.75) is 168 Å². The van der Waals surface area contributed by atoms with Gasteiger partial charge in [0.05, 0.1) is 0 Å². The number of carbonyl (C=O) groups is 3. The summed E-state index contributed by atoms with van der Waals surface area (Å²) in [6.07, 6.45) is 56.5. The molecule has 0 aliphatic rings. The number of hydrogen-bond donors (Lipinski definition) is 0. The summed E-state index contributed by atoms with van der Waals surface area (Å²) >= 11 is 0. The summed E-state index contributed by atoms with van der Waals surface area (Å²) in [7, 11) is 0. The lowest BCUT2D eigenvalue weighted by molar-refractivity contribution is -0.167. The van der Waals surface area contributed by atoms with Crippen LogP contribution in [-0.4, -0.2) is 37.2 Å². The van der Waals surface area contributed by atoms with Gasteiger partial charge in [0, 0.05) is 19.3 Å². The molecule has 308 valence electrons. The zero-order chi connectivity index (χ0) is 40.1. The van der Waals surface area contributed by atoms with Crippen molar-refractivity contribution >= 4 is 17.9 Å². The quantitative estimate of drug-likeness (QED) is 0.0208. The Morgan fingerprint density at radius 2 is 0.745 bits per heavy atom. The molecule has 0 aromatic heterocycles. The molecule has 0 rings (SSSR count). The topological polar surface area (TPSA) is 78.9 Å². The van der Waals surface area contributed by atoms with Gasteiger partial charge < -0.3 is 14.2 Å². The molecule has 0 spiro atoms. The van der Waals surface area contributed by atoms with E-state index in [2.05, 4.69) is 93.7 Å². The van der Waals surface area contributed by atoms with Gasteiger partial charge in [0.1, 0.15) is 13.2 Å². The molecular weight excluding hydrogens is 685 g/mol. The first kappa shape index (κ1) is 51.1. The molecule has 0 N–H and O–H groups in total. The fraction of sp³-hybridized carbons (Fsp3) is 0.571. The molecule has 6 heteroatoms. The minimum atomic E-state index is -0.819. The van der Waals surface area contributed by atoms with E-state index in [0.29, 0.717) is 19.3 Å². The van der Waals surface area contributed by atoms with Gasteiger partial charge in [-0.15, -0.1) is 0 Å². The Hall–Kier alpha value is -3.93. The fourth-order valence-electron chi connectivity index (χ4n) is 5.21. The minimum absolute atomic E-state index is 0.117. The molecule has 0 aromatic carbocycles. The smallest absolute Gasteiger partial charge is 0.306 e. The summed E-state index contributed by atoms with van der Waals surface area (Å²) in [6.45, 7) is 6.14. The number of rotatable bonds is 36. The SMILES string of the molecule is CC\C=C/C=C\C=C/C=C\CCCCCC(=O)OCC(COC(=O)CCCCCCC/C=C\C/C=C\CC)OC(=O)CCCC/C=C\C/C=C\C/C=C\CC. The van der Waals surface area contributed by atoms with E-state index < -0.39 is 6.10 Å². The molecule has 1 atom stereocenters. The van der Waals surface area contributed by atoms with Gasteiger partial charge in [0.25, 0.3) is 0 Å². The maximum Gasteiger partial charge on any atom is 0.306 e. The maximum absolute atomic E-state index is 12.7. The van der Waals surface area contributed by atoms with Crippen LogP contribution in [0.3, 0.4) is 0 Å². The fourth-order valence-corrected chi connectivity index (χ4v) is 5.21. The summed E-state index contributed by atoms with van der Waals surface area (Å²) in [6, 6.07) is 0. The molecule has 1 unspecified atom stereocenters. The van der Waals surface area contributed by atoms with Crippen LogP contribution in [0, 0.1) is 0 Å². The molecule has 0 radical (unpaired) electrons. The van der Waals surface area contributed by atoms with E-state index in [0.717, 1.165) is 116 Å². The van der Waals surface area contributed by atoms with Crippen LogP contribution >= 0.6 is 0 Å². The first-order valence-corrected chi connectivity index (χ1v) is 21.4. The van der Waals surface area contributed by atoms with Crippen LogP contribution in [-0.2, 0) is 28.6 Å². The Morgan fingerprint density at radius 3 is 1.29 bits per heavy atom. The third kappa shape index (κ3) is 41.1. The summed E-state index contributed by atoms with van der Waals surface area (Å²) in [4.78, 5) is 37.6. The summed E-state index contributed by atoms with van der Waals surface area (Å²) in [5.41, 5.74) is 0. The number of carbonyl (C=O) groups excluding carboxylic acids is 3. The van der Waals surface area contributed by atoms with Crippen molar-refractivity contribution in [2.75, 3.05) is 13.2 Å². The van der Waals surface area contributed by atoms with E-state index in [1.165, 1.54) is 0 Å². The van der Waals surface area contributed by atoms with Crippen molar-refractivity contribution in [3.63, 3.8) is 0 Å². The first-order valence-electron chi connectivity index (χ1n) is 21.4. The number of esters is 3. The zero-order valence-corrected chi connectivity index (χ0v) is 34.9. The maximum atomic E-state index is 12.7. The van der Waals surface area contributed by atoms with Crippen molar-refractivity contribution in [1.82, 2.24) is 0 Å². The number of ether oxygens (including phenoxy) is 3. The molecule has 0 bridgehead atoms. The zero-order valence-electron chi connectivity index (χ0n) is 34.9. The third-order valence-corrected chi connectivity index (χ3v) is 8.35. The lowest BCUT2D eigenvalue weighted by Gasteiger charge is -2.18. The number of allylic oxidation sites excluding steroid dienone is 18. The summed E-state index contributed by atoms with van der Waals surface area (Å²) in [5, 5.41) is 0. The van der Waals surface area contributed by atoms with Crippen molar-refractivity contribution in [1.29, 1.82) is 0 Å². The molecule has 6 nitrogen and oxygen atoms in total. The van der Waals surface area contributed by atoms with Gasteiger partial charge >= 0.3 is 17.9 Å². The lowest BCUT2D eigenvalue weighted by atomic mass is 10.1. The van der Waals surface area contributed by atoms with Crippen LogP contribution in [0.5, 0.6) is 0 Å².